The monoisotopic (exact) mass is 171 g/mol. The summed E-state index contributed by atoms with van der Waals surface area (Å²) in [6.07, 6.45) is 1.19. The molecule has 0 bridgehead atoms. The van der Waals surface area contributed by atoms with Crippen LogP contribution in [-0.2, 0) is 4.79 Å². The second kappa shape index (κ2) is 3.44. The molecule has 3 nitrogen and oxygen atoms in total. The molecule has 0 unspecified atom stereocenters. The van der Waals surface area contributed by atoms with Crippen LogP contribution >= 0.6 is 0 Å². The molecule has 0 aromatic rings. The summed E-state index contributed by atoms with van der Waals surface area (Å²) in [6.45, 7) is 1.99. The lowest BCUT2D eigenvalue weighted by atomic mass is 10.1. The van der Waals surface area contributed by atoms with E-state index in [4.69, 9.17) is 0 Å². The smallest absolute Gasteiger partial charge is 0.225 e. The van der Waals surface area contributed by atoms with Crippen LogP contribution < -0.4 is 0 Å². The van der Waals surface area contributed by atoms with E-state index in [1.165, 1.54) is 0 Å². The van der Waals surface area contributed by atoms with Gasteiger partial charge in [-0.2, -0.15) is 0 Å². The lowest BCUT2D eigenvalue weighted by molar-refractivity contribution is -0.133. The molecular weight excluding hydrogens is 154 g/mol. The molecule has 0 aromatic heterocycles. The van der Waals surface area contributed by atoms with E-state index in [-0.39, 0.29) is 23.8 Å². The zero-order valence-electron chi connectivity index (χ0n) is 7.95. The number of rotatable bonds is 1. The van der Waals surface area contributed by atoms with Gasteiger partial charge in [-0.25, -0.2) is 0 Å². The van der Waals surface area contributed by atoms with Crippen LogP contribution in [0, 0.1) is 11.8 Å². The van der Waals surface area contributed by atoms with Crippen molar-refractivity contribution in [2.75, 3.05) is 14.1 Å². The van der Waals surface area contributed by atoms with Gasteiger partial charge in [0.2, 0.25) is 5.91 Å². The predicted molar refractivity (Wildman–Crippen MR) is 46.6 cm³/mol. The van der Waals surface area contributed by atoms with Crippen molar-refractivity contribution < 1.29 is 9.90 Å². The standard InChI is InChI=1S/C9H17NO2/c1-6-4-7(5-8(6)11)9(12)10(2)3/h6-8,11H,4-5H2,1-3H3/t6-,7-,8+/m0/s1. The molecule has 1 fully saturated rings. The molecule has 1 amide bonds. The van der Waals surface area contributed by atoms with Gasteiger partial charge in [-0.15, -0.1) is 0 Å². The van der Waals surface area contributed by atoms with E-state index in [9.17, 15) is 9.90 Å². The molecule has 0 aliphatic heterocycles. The highest BCUT2D eigenvalue weighted by Crippen LogP contribution is 2.31. The minimum atomic E-state index is -0.279. The van der Waals surface area contributed by atoms with Crippen molar-refractivity contribution in [2.24, 2.45) is 11.8 Å². The van der Waals surface area contributed by atoms with Gasteiger partial charge in [0.25, 0.3) is 0 Å². The number of hydrogen-bond donors (Lipinski definition) is 1. The van der Waals surface area contributed by atoms with E-state index < -0.39 is 0 Å². The Kier molecular flexibility index (Phi) is 2.73. The Bertz CT molecular complexity index is 169. The van der Waals surface area contributed by atoms with E-state index in [0.29, 0.717) is 6.42 Å². The summed E-state index contributed by atoms with van der Waals surface area (Å²) in [7, 11) is 3.52. The number of carbonyl (C=O) groups excluding carboxylic acids is 1. The van der Waals surface area contributed by atoms with Gasteiger partial charge in [-0.1, -0.05) is 6.92 Å². The molecule has 3 heteroatoms. The summed E-state index contributed by atoms with van der Waals surface area (Å²) in [4.78, 5) is 13.1. The van der Waals surface area contributed by atoms with Crippen molar-refractivity contribution in [2.45, 2.75) is 25.9 Å². The molecule has 0 aromatic carbocycles. The van der Waals surface area contributed by atoms with Gasteiger partial charge >= 0.3 is 0 Å². The van der Waals surface area contributed by atoms with E-state index in [1.807, 2.05) is 6.92 Å². The van der Waals surface area contributed by atoms with Gasteiger partial charge in [0, 0.05) is 20.0 Å². The molecule has 70 valence electrons. The van der Waals surface area contributed by atoms with Crippen LogP contribution in [0.5, 0.6) is 0 Å². The van der Waals surface area contributed by atoms with E-state index in [0.717, 1.165) is 6.42 Å². The van der Waals surface area contributed by atoms with Gasteiger partial charge in [0.15, 0.2) is 0 Å². The van der Waals surface area contributed by atoms with Crippen molar-refractivity contribution >= 4 is 5.91 Å². The maximum absolute atomic E-state index is 11.5. The summed E-state index contributed by atoms with van der Waals surface area (Å²) in [5.41, 5.74) is 0. The van der Waals surface area contributed by atoms with E-state index >= 15 is 0 Å². The number of carbonyl (C=O) groups is 1. The third-order valence-electron chi connectivity index (χ3n) is 2.63. The Morgan fingerprint density at radius 1 is 1.42 bits per heavy atom. The summed E-state index contributed by atoms with van der Waals surface area (Å²) in [5.74, 6) is 0.474. The normalized spacial score (nSPS) is 35.2. The maximum atomic E-state index is 11.5. The first-order valence-electron chi connectivity index (χ1n) is 4.41. The van der Waals surface area contributed by atoms with Crippen molar-refractivity contribution in [3.8, 4) is 0 Å². The van der Waals surface area contributed by atoms with Crippen LogP contribution in [0.2, 0.25) is 0 Å². The first-order chi connectivity index (χ1) is 5.52. The van der Waals surface area contributed by atoms with Crippen LogP contribution in [0.4, 0.5) is 0 Å². The van der Waals surface area contributed by atoms with Crippen LogP contribution in [0.3, 0.4) is 0 Å². The van der Waals surface area contributed by atoms with Gasteiger partial charge in [-0.3, -0.25) is 4.79 Å². The average Bonchev–Trinajstić information content (AvgIpc) is 2.30. The van der Waals surface area contributed by atoms with Crippen molar-refractivity contribution in [3.63, 3.8) is 0 Å². The van der Waals surface area contributed by atoms with Crippen molar-refractivity contribution in [3.05, 3.63) is 0 Å². The Hall–Kier alpha value is -0.570. The Labute approximate surface area is 73.4 Å². The highest BCUT2D eigenvalue weighted by molar-refractivity contribution is 5.78. The molecule has 12 heavy (non-hydrogen) atoms. The van der Waals surface area contributed by atoms with Crippen molar-refractivity contribution in [1.82, 2.24) is 4.90 Å². The maximum Gasteiger partial charge on any atom is 0.225 e. The zero-order valence-corrected chi connectivity index (χ0v) is 7.95. The Balaban J connectivity index is 2.52. The number of aliphatic hydroxyl groups is 1. The number of amides is 1. The van der Waals surface area contributed by atoms with Crippen LogP contribution in [-0.4, -0.2) is 36.1 Å². The van der Waals surface area contributed by atoms with Crippen LogP contribution in [0.1, 0.15) is 19.8 Å². The number of aliphatic hydroxyl groups excluding tert-OH is 1. The fourth-order valence-corrected chi connectivity index (χ4v) is 1.79. The van der Waals surface area contributed by atoms with E-state index in [2.05, 4.69) is 0 Å². The highest BCUT2D eigenvalue weighted by Gasteiger charge is 2.34. The first-order valence-corrected chi connectivity index (χ1v) is 4.41. The topological polar surface area (TPSA) is 40.5 Å². The second-order valence-corrected chi connectivity index (χ2v) is 3.95. The molecule has 1 aliphatic rings. The summed E-state index contributed by atoms with van der Waals surface area (Å²) in [6, 6.07) is 0. The third-order valence-corrected chi connectivity index (χ3v) is 2.63. The largest absolute Gasteiger partial charge is 0.393 e. The minimum absolute atomic E-state index is 0.0463. The molecule has 3 atom stereocenters. The summed E-state index contributed by atoms with van der Waals surface area (Å²) < 4.78 is 0. The molecule has 1 rings (SSSR count). The molecular formula is C9H17NO2. The van der Waals surface area contributed by atoms with Gasteiger partial charge in [0.1, 0.15) is 0 Å². The van der Waals surface area contributed by atoms with Gasteiger partial charge in [-0.05, 0) is 18.8 Å². The first kappa shape index (κ1) is 9.52. The fraction of sp³-hybridized carbons (Fsp3) is 0.889. The highest BCUT2D eigenvalue weighted by atomic mass is 16.3. The molecule has 0 radical (unpaired) electrons. The zero-order chi connectivity index (χ0) is 9.30. The Morgan fingerprint density at radius 2 is 2.00 bits per heavy atom. The van der Waals surface area contributed by atoms with Crippen molar-refractivity contribution in [1.29, 1.82) is 0 Å². The molecule has 1 aliphatic carbocycles. The SMILES string of the molecule is C[C@H]1C[C@H](C(=O)N(C)C)C[C@H]1O. The Morgan fingerprint density at radius 3 is 2.33 bits per heavy atom. The molecule has 0 heterocycles. The van der Waals surface area contributed by atoms with Crippen LogP contribution in [0.15, 0.2) is 0 Å². The van der Waals surface area contributed by atoms with Gasteiger partial charge in [0.05, 0.1) is 6.10 Å². The lowest BCUT2D eigenvalue weighted by Gasteiger charge is -2.15. The molecule has 1 saturated carbocycles. The number of hydrogen-bond acceptors (Lipinski definition) is 2. The molecule has 0 saturated heterocycles. The van der Waals surface area contributed by atoms with Gasteiger partial charge < -0.3 is 10.0 Å². The van der Waals surface area contributed by atoms with Crippen LogP contribution in [0.25, 0.3) is 0 Å². The lowest BCUT2D eigenvalue weighted by Crippen LogP contribution is -2.28. The molecule has 0 spiro atoms. The number of nitrogens with zero attached hydrogens (tertiary/aromatic N) is 1. The fourth-order valence-electron chi connectivity index (χ4n) is 1.79. The van der Waals surface area contributed by atoms with E-state index in [1.54, 1.807) is 19.0 Å². The quantitative estimate of drug-likeness (QED) is 0.623. The third kappa shape index (κ3) is 1.78. The summed E-state index contributed by atoms with van der Waals surface area (Å²) >= 11 is 0. The second-order valence-electron chi connectivity index (χ2n) is 3.95. The minimum Gasteiger partial charge on any atom is -0.393 e. The summed E-state index contributed by atoms with van der Waals surface area (Å²) in [5, 5.41) is 9.43. The molecule has 1 N–H and O–H groups in total. The average molecular weight is 171 g/mol. The predicted octanol–water partition coefficient (Wildman–Crippen LogP) is 0.482.